The highest BCUT2D eigenvalue weighted by molar-refractivity contribution is 5.50. The van der Waals surface area contributed by atoms with Crippen LogP contribution in [0.2, 0.25) is 0 Å². The molecule has 1 atom stereocenters. The number of hydrogen-bond donors (Lipinski definition) is 1. The van der Waals surface area contributed by atoms with Crippen molar-refractivity contribution in [3.05, 3.63) is 23.8 Å². The van der Waals surface area contributed by atoms with Crippen molar-refractivity contribution in [1.29, 1.82) is 0 Å². The molecular weight excluding hydrogens is 192 g/mol. The molecule has 0 spiro atoms. The summed E-state index contributed by atoms with van der Waals surface area (Å²) in [5.41, 5.74) is 0.513. The summed E-state index contributed by atoms with van der Waals surface area (Å²) in [6, 6.07) is 5.37. The molecule has 1 aliphatic rings. The summed E-state index contributed by atoms with van der Waals surface area (Å²) in [6.07, 6.45) is -0.107. The molecule has 15 heavy (non-hydrogen) atoms. The van der Waals surface area contributed by atoms with Crippen molar-refractivity contribution < 1.29 is 14.6 Å². The second-order valence-corrected chi connectivity index (χ2v) is 4.24. The zero-order valence-corrected chi connectivity index (χ0v) is 9.28. The van der Waals surface area contributed by atoms with Gasteiger partial charge in [0.15, 0.2) is 11.5 Å². The van der Waals surface area contributed by atoms with Gasteiger partial charge in [0.05, 0.1) is 0 Å². The number of benzene rings is 1. The number of ether oxygens (including phenoxy) is 2. The Labute approximate surface area is 89.6 Å². The molecule has 1 N–H and O–H groups in total. The van der Waals surface area contributed by atoms with Gasteiger partial charge in [-0.2, -0.15) is 0 Å². The molecule has 2 rings (SSSR count). The van der Waals surface area contributed by atoms with Crippen LogP contribution in [-0.4, -0.2) is 17.3 Å². The lowest BCUT2D eigenvalue weighted by atomic mass is 9.97. The van der Waals surface area contributed by atoms with Crippen LogP contribution in [-0.2, 0) is 4.74 Å². The average Bonchev–Trinajstić information content (AvgIpc) is 2.42. The van der Waals surface area contributed by atoms with Crippen LogP contribution in [0.5, 0.6) is 11.5 Å². The third-order valence-corrected chi connectivity index (χ3v) is 2.64. The molecule has 0 amide bonds. The zero-order chi connectivity index (χ0) is 11.1. The number of aromatic hydroxyl groups is 1. The number of hydrogen-bond acceptors (Lipinski definition) is 3. The van der Waals surface area contributed by atoms with Crippen LogP contribution >= 0.6 is 0 Å². The summed E-state index contributed by atoms with van der Waals surface area (Å²) >= 11 is 0. The molecule has 0 aliphatic carbocycles. The highest BCUT2D eigenvalue weighted by atomic mass is 16.6. The molecule has 0 radical (unpaired) electrons. The maximum Gasteiger partial charge on any atom is 0.167 e. The molecule has 1 aromatic rings. The highest BCUT2D eigenvalue weighted by Crippen LogP contribution is 2.48. The van der Waals surface area contributed by atoms with Gasteiger partial charge in [-0.15, -0.1) is 0 Å². The second-order valence-electron chi connectivity index (χ2n) is 4.24. The smallest absolute Gasteiger partial charge is 0.167 e. The normalized spacial score (nSPS) is 22.2. The van der Waals surface area contributed by atoms with E-state index < -0.39 is 5.60 Å². The lowest BCUT2D eigenvalue weighted by Gasteiger charge is -2.25. The first-order valence-electron chi connectivity index (χ1n) is 5.18. The molecule has 0 saturated carbocycles. The Hall–Kier alpha value is -1.22. The summed E-state index contributed by atoms with van der Waals surface area (Å²) in [5.74, 6) is 0.740. The molecular formula is C12H16O3. The van der Waals surface area contributed by atoms with Crippen LogP contribution in [0.1, 0.15) is 32.4 Å². The number of para-hydroxylation sites is 1. The first-order valence-corrected chi connectivity index (χ1v) is 5.18. The third kappa shape index (κ3) is 1.57. The van der Waals surface area contributed by atoms with E-state index in [0.717, 1.165) is 5.56 Å². The fraction of sp³-hybridized carbons (Fsp3) is 0.500. The van der Waals surface area contributed by atoms with Crippen LogP contribution in [0, 0.1) is 0 Å². The van der Waals surface area contributed by atoms with Gasteiger partial charge in [-0.25, -0.2) is 0 Å². The van der Waals surface area contributed by atoms with E-state index in [0.29, 0.717) is 12.4 Å². The van der Waals surface area contributed by atoms with E-state index in [9.17, 15) is 5.11 Å². The molecule has 0 bridgehead atoms. The van der Waals surface area contributed by atoms with Crippen molar-refractivity contribution in [3.63, 3.8) is 0 Å². The quantitative estimate of drug-likeness (QED) is 0.812. The van der Waals surface area contributed by atoms with Crippen LogP contribution in [0.25, 0.3) is 0 Å². The van der Waals surface area contributed by atoms with Gasteiger partial charge in [0.2, 0.25) is 0 Å². The Morgan fingerprint density at radius 3 is 2.87 bits per heavy atom. The Morgan fingerprint density at radius 2 is 2.20 bits per heavy atom. The van der Waals surface area contributed by atoms with E-state index in [4.69, 9.17) is 9.47 Å². The summed E-state index contributed by atoms with van der Waals surface area (Å²) in [4.78, 5) is 0. The highest BCUT2D eigenvalue weighted by Gasteiger charge is 2.43. The van der Waals surface area contributed by atoms with Crippen LogP contribution in [0.4, 0.5) is 0 Å². The van der Waals surface area contributed by atoms with E-state index in [1.54, 1.807) is 6.07 Å². The van der Waals surface area contributed by atoms with Crippen molar-refractivity contribution in [2.45, 2.75) is 32.5 Å². The predicted molar refractivity (Wildman–Crippen MR) is 57.2 cm³/mol. The van der Waals surface area contributed by atoms with E-state index >= 15 is 0 Å². The van der Waals surface area contributed by atoms with Gasteiger partial charge < -0.3 is 14.6 Å². The van der Waals surface area contributed by atoms with E-state index in [2.05, 4.69) is 0 Å². The maximum atomic E-state index is 9.67. The minimum Gasteiger partial charge on any atom is -0.504 e. The van der Waals surface area contributed by atoms with E-state index in [1.165, 1.54) is 0 Å². The second kappa shape index (κ2) is 3.42. The van der Waals surface area contributed by atoms with E-state index in [1.807, 2.05) is 32.9 Å². The lowest BCUT2D eigenvalue weighted by Crippen LogP contribution is -2.31. The first-order chi connectivity index (χ1) is 7.06. The number of fused-ring (bicyclic) bond motifs is 1. The predicted octanol–water partition coefficient (Wildman–Crippen LogP) is 2.64. The van der Waals surface area contributed by atoms with Crippen LogP contribution < -0.4 is 4.74 Å². The standard InChI is InChI=1S/C12H16O3/c1-4-14-11-8-6-5-7-9(13)10(8)15-12(11,2)3/h5-7,11,13H,4H2,1-3H3. The minimum atomic E-state index is -0.419. The molecule has 3 nitrogen and oxygen atoms in total. The van der Waals surface area contributed by atoms with Crippen molar-refractivity contribution in [2.24, 2.45) is 0 Å². The van der Waals surface area contributed by atoms with Gasteiger partial charge in [0.25, 0.3) is 0 Å². The maximum absolute atomic E-state index is 9.67. The molecule has 1 heterocycles. The molecule has 1 aromatic carbocycles. The summed E-state index contributed by atoms with van der Waals surface area (Å²) in [6.45, 7) is 6.52. The van der Waals surface area contributed by atoms with Crippen LogP contribution in [0.3, 0.4) is 0 Å². The van der Waals surface area contributed by atoms with Crippen molar-refractivity contribution >= 4 is 0 Å². The van der Waals surface area contributed by atoms with Crippen molar-refractivity contribution in [1.82, 2.24) is 0 Å². The molecule has 0 fully saturated rings. The first kappa shape index (κ1) is 10.3. The Balaban J connectivity index is 2.45. The van der Waals surface area contributed by atoms with Gasteiger partial charge in [0, 0.05) is 12.2 Å². The average molecular weight is 208 g/mol. The van der Waals surface area contributed by atoms with Gasteiger partial charge in [-0.05, 0) is 26.8 Å². The van der Waals surface area contributed by atoms with Crippen molar-refractivity contribution in [3.8, 4) is 11.5 Å². The Morgan fingerprint density at radius 1 is 1.47 bits per heavy atom. The third-order valence-electron chi connectivity index (χ3n) is 2.64. The Bertz CT molecular complexity index is 371. The molecule has 0 aromatic heterocycles. The molecule has 3 heteroatoms. The molecule has 1 aliphatic heterocycles. The minimum absolute atomic E-state index is 0.107. The van der Waals surface area contributed by atoms with Crippen LogP contribution in [0.15, 0.2) is 18.2 Å². The van der Waals surface area contributed by atoms with Gasteiger partial charge in [-0.1, -0.05) is 12.1 Å². The SMILES string of the molecule is CCOC1c2cccc(O)c2OC1(C)C. The van der Waals surface area contributed by atoms with Crippen molar-refractivity contribution in [2.75, 3.05) is 6.61 Å². The fourth-order valence-electron chi connectivity index (χ4n) is 2.01. The lowest BCUT2D eigenvalue weighted by molar-refractivity contribution is -0.0475. The largest absolute Gasteiger partial charge is 0.504 e. The summed E-state index contributed by atoms with van der Waals surface area (Å²) in [5, 5.41) is 9.67. The van der Waals surface area contributed by atoms with Gasteiger partial charge in [-0.3, -0.25) is 0 Å². The monoisotopic (exact) mass is 208 g/mol. The Kier molecular flexibility index (Phi) is 2.35. The summed E-state index contributed by atoms with van der Waals surface area (Å²) in [7, 11) is 0. The topological polar surface area (TPSA) is 38.7 Å². The number of phenolic OH excluding ortho intramolecular Hbond substituents is 1. The number of phenols is 1. The van der Waals surface area contributed by atoms with Gasteiger partial charge >= 0.3 is 0 Å². The fourth-order valence-corrected chi connectivity index (χ4v) is 2.01. The zero-order valence-electron chi connectivity index (χ0n) is 9.28. The molecule has 0 saturated heterocycles. The summed E-state index contributed by atoms with van der Waals surface area (Å²) < 4.78 is 11.4. The molecule has 82 valence electrons. The molecule has 1 unspecified atom stereocenters. The number of rotatable bonds is 2. The van der Waals surface area contributed by atoms with E-state index in [-0.39, 0.29) is 11.9 Å². The van der Waals surface area contributed by atoms with Gasteiger partial charge in [0.1, 0.15) is 11.7 Å².